The molecule has 2 N–H and O–H groups in total. The van der Waals surface area contributed by atoms with Crippen LogP contribution in [0.1, 0.15) is 0 Å². The number of pyridine rings is 1. The van der Waals surface area contributed by atoms with Gasteiger partial charge in [0, 0.05) is 53.5 Å². The van der Waals surface area contributed by atoms with E-state index in [-0.39, 0.29) is 18.1 Å². The van der Waals surface area contributed by atoms with Crippen LogP contribution in [0.15, 0.2) is 53.6 Å². The van der Waals surface area contributed by atoms with E-state index in [2.05, 4.69) is 20.5 Å². The molecule has 3 aromatic rings. The Hall–Kier alpha value is -3.50. The van der Waals surface area contributed by atoms with Gasteiger partial charge in [0.25, 0.3) is 0 Å². The van der Waals surface area contributed by atoms with Crippen molar-refractivity contribution in [2.45, 2.75) is 17.0 Å². The summed E-state index contributed by atoms with van der Waals surface area (Å²) in [5, 5.41) is 7.48. The summed E-state index contributed by atoms with van der Waals surface area (Å²) in [5.74, 6) is 1.20. The van der Waals surface area contributed by atoms with Crippen LogP contribution in [0.5, 0.6) is 5.75 Å². The van der Waals surface area contributed by atoms with E-state index >= 15 is 0 Å². The monoisotopic (exact) mass is 491 g/mol. The molecule has 0 spiro atoms. The number of carbonyl (C=O) groups is 2. The van der Waals surface area contributed by atoms with E-state index in [1.807, 2.05) is 48.7 Å². The second-order valence-electron chi connectivity index (χ2n) is 8.86. The molecule has 10 heteroatoms. The summed E-state index contributed by atoms with van der Waals surface area (Å²) in [6.07, 6.45) is 1.24. The zero-order valence-electron chi connectivity index (χ0n) is 19.2. The number of anilines is 3. The summed E-state index contributed by atoms with van der Waals surface area (Å²) >= 11 is 1.50. The quantitative estimate of drug-likeness (QED) is 0.543. The van der Waals surface area contributed by atoms with E-state index in [0.717, 1.165) is 51.7 Å². The summed E-state index contributed by atoms with van der Waals surface area (Å²) in [6.45, 7) is 2.78. The lowest BCUT2D eigenvalue weighted by Crippen LogP contribution is -2.59. The Morgan fingerprint density at radius 3 is 2.91 bits per heavy atom. The number of hydrogen-bond donors (Lipinski definition) is 2. The molecule has 0 unspecified atom stereocenters. The summed E-state index contributed by atoms with van der Waals surface area (Å²) in [6, 6.07) is 14.0. The van der Waals surface area contributed by atoms with Gasteiger partial charge in [-0.1, -0.05) is 0 Å². The number of hydrogen-bond acceptors (Lipinski definition) is 8. The van der Waals surface area contributed by atoms with Crippen molar-refractivity contribution in [2.75, 3.05) is 54.2 Å². The number of ether oxygens (including phenoxy) is 2. The van der Waals surface area contributed by atoms with Gasteiger partial charge >= 0.3 is 6.09 Å². The molecule has 1 aromatic heterocycles. The van der Waals surface area contributed by atoms with Crippen molar-refractivity contribution in [3.05, 3.63) is 48.7 Å². The van der Waals surface area contributed by atoms with Gasteiger partial charge in [0.05, 0.1) is 30.6 Å². The Kier molecular flexibility index (Phi) is 5.62. The Morgan fingerprint density at radius 2 is 2.06 bits per heavy atom. The predicted molar refractivity (Wildman–Crippen MR) is 136 cm³/mol. The zero-order valence-corrected chi connectivity index (χ0v) is 20.0. The Labute approximate surface area is 206 Å². The van der Waals surface area contributed by atoms with Gasteiger partial charge < -0.3 is 25.0 Å². The molecule has 1 atom stereocenters. The first-order valence-corrected chi connectivity index (χ1v) is 12.5. The first-order chi connectivity index (χ1) is 17.1. The molecular weight excluding hydrogens is 466 g/mol. The van der Waals surface area contributed by atoms with Gasteiger partial charge in [0.15, 0.2) is 0 Å². The fourth-order valence-corrected chi connectivity index (χ4v) is 5.48. The van der Waals surface area contributed by atoms with Crippen molar-refractivity contribution < 1.29 is 19.1 Å². The number of nitrogens with one attached hydrogen (secondary N) is 2. The molecule has 0 radical (unpaired) electrons. The van der Waals surface area contributed by atoms with Crippen molar-refractivity contribution in [1.82, 2.24) is 10.3 Å². The lowest BCUT2D eigenvalue weighted by Gasteiger charge is -2.42. The van der Waals surface area contributed by atoms with Gasteiger partial charge in [0.2, 0.25) is 5.91 Å². The van der Waals surface area contributed by atoms with Gasteiger partial charge in [-0.05, 0) is 42.5 Å². The van der Waals surface area contributed by atoms with E-state index < -0.39 is 0 Å². The van der Waals surface area contributed by atoms with Crippen LogP contribution in [0.25, 0.3) is 10.9 Å². The number of cyclic esters (lactones) is 1. The van der Waals surface area contributed by atoms with Crippen LogP contribution in [-0.2, 0) is 9.53 Å². The normalized spacial score (nSPS) is 19.9. The molecule has 2 aromatic carbocycles. The minimum absolute atomic E-state index is 0.0285. The van der Waals surface area contributed by atoms with Crippen molar-refractivity contribution in [3.63, 3.8) is 0 Å². The number of thioether (sulfide) groups is 1. The van der Waals surface area contributed by atoms with E-state index in [9.17, 15) is 9.59 Å². The molecule has 3 aliphatic heterocycles. The molecule has 2 fully saturated rings. The number of aromatic nitrogens is 1. The first-order valence-electron chi connectivity index (χ1n) is 11.5. The number of amides is 2. The van der Waals surface area contributed by atoms with Crippen LogP contribution in [0.3, 0.4) is 0 Å². The van der Waals surface area contributed by atoms with Crippen molar-refractivity contribution in [3.8, 4) is 5.75 Å². The minimum Gasteiger partial charge on any atom is -0.497 e. The third kappa shape index (κ3) is 4.23. The highest BCUT2D eigenvalue weighted by molar-refractivity contribution is 8.00. The van der Waals surface area contributed by atoms with Crippen LogP contribution in [0.4, 0.5) is 21.9 Å². The van der Waals surface area contributed by atoms with Crippen LogP contribution in [0.2, 0.25) is 0 Å². The third-order valence-corrected chi connectivity index (χ3v) is 7.64. The molecule has 0 bridgehead atoms. The third-order valence-electron chi connectivity index (χ3n) is 6.56. The summed E-state index contributed by atoms with van der Waals surface area (Å²) in [5.41, 5.74) is 3.56. The molecule has 6 rings (SSSR count). The predicted octanol–water partition coefficient (Wildman–Crippen LogP) is 3.09. The Balaban J connectivity index is 1.05. The summed E-state index contributed by atoms with van der Waals surface area (Å²) in [7, 11) is 1.67. The van der Waals surface area contributed by atoms with Crippen LogP contribution in [0, 0.1) is 0 Å². The minimum atomic E-state index is -0.362. The van der Waals surface area contributed by atoms with Crippen LogP contribution in [-0.4, -0.2) is 68.2 Å². The number of carbonyl (C=O) groups excluding carboxylic acids is 2. The van der Waals surface area contributed by atoms with E-state index in [1.54, 1.807) is 12.0 Å². The first kappa shape index (κ1) is 22.0. The topological polar surface area (TPSA) is 96.0 Å². The molecule has 3 aliphatic rings. The van der Waals surface area contributed by atoms with Gasteiger partial charge in [-0.3, -0.25) is 14.7 Å². The highest BCUT2D eigenvalue weighted by Crippen LogP contribution is 2.36. The lowest BCUT2D eigenvalue weighted by atomic mass is 10.0. The molecule has 0 saturated carbocycles. The number of benzene rings is 2. The fourth-order valence-electron chi connectivity index (χ4n) is 4.69. The van der Waals surface area contributed by atoms with E-state index in [0.29, 0.717) is 24.9 Å². The van der Waals surface area contributed by atoms with E-state index in [1.165, 1.54) is 11.8 Å². The molecule has 4 heterocycles. The van der Waals surface area contributed by atoms with Crippen LogP contribution < -0.4 is 25.2 Å². The maximum atomic E-state index is 12.5. The molecule has 9 nitrogen and oxygen atoms in total. The highest BCUT2D eigenvalue weighted by Gasteiger charge is 2.35. The maximum Gasteiger partial charge on any atom is 0.414 e. The average Bonchev–Trinajstić information content (AvgIpc) is 3.22. The van der Waals surface area contributed by atoms with Crippen LogP contribution >= 0.6 is 11.8 Å². The molecule has 2 saturated heterocycles. The van der Waals surface area contributed by atoms with Crippen molar-refractivity contribution in [2.24, 2.45) is 0 Å². The molecular formula is C25H25N5O4S. The standard InChI is InChI=1S/C25H25N5O4S/c1-33-17-3-4-20-19(9-17)22(6-7-26-20)29-11-15(12-29)27-10-18-13-30(25(32)34-18)16-2-5-23-21(8-16)28-24(31)14-35-23/h2-9,15,18,27H,10-14H2,1H3,(H,28,31)/t18-/m1/s1. The van der Waals surface area contributed by atoms with Gasteiger partial charge in [0.1, 0.15) is 11.9 Å². The number of methoxy groups -OCH3 is 1. The summed E-state index contributed by atoms with van der Waals surface area (Å²) in [4.78, 5) is 33.6. The Morgan fingerprint density at radius 1 is 1.17 bits per heavy atom. The smallest absolute Gasteiger partial charge is 0.414 e. The van der Waals surface area contributed by atoms with Crippen molar-refractivity contribution >= 4 is 51.7 Å². The summed E-state index contributed by atoms with van der Waals surface area (Å²) < 4.78 is 11.0. The Bertz CT molecular complexity index is 1310. The molecule has 0 aliphatic carbocycles. The number of nitrogens with zero attached hydrogens (tertiary/aromatic N) is 3. The highest BCUT2D eigenvalue weighted by atomic mass is 32.2. The van der Waals surface area contributed by atoms with Gasteiger partial charge in [-0.15, -0.1) is 11.8 Å². The zero-order chi connectivity index (χ0) is 23.9. The second kappa shape index (κ2) is 8.94. The number of fused-ring (bicyclic) bond motifs is 2. The average molecular weight is 492 g/mol. The maximum absolute atomic E-state index is 12.5. The molecule has 180 valence electrons. The SMILES string of the molecule is COc1ccc2nccc(N3CC(NC[C@@H]4CN(c5ccc6c(c5)NC(=O)CS6)C(=O)O4)C3)c2c1. The molecule has 35 heavy (non-hydrogen) atoms. The van der Waals surface area contributed by atoms with Gasteiger partial charge in [-0.2, -0.15) is 0 Å². The van der Waals surface area contributed by atoms with Crippen molar-refractivity contribution in [1.29, 1.82) is 0 Å². The lowest BCUT2D eigenvalue weighted by molar-refractivity contribution is -0.113. The van der Waals surface area contributed by atoms with E-state index in [4.69, 9.17) is 9.47 Å². The molecule has 2 amide bonds. The fraction of sp³-hybridized carbons (Fsp3) is 0.320. The second-order valence-corrected chi connectivity index (χ2v) is 9.87. The van der Waals surface area contributed by atoms with Gasteiger partial charge in [-0.25, -0.2) is 4.79 Å². The number of rotatable bonds is 6. The largest absolute Gasteiger partial charge is 0.497 e.